The lowest BCUT2D eigenvalue weighted by Gasteiger charge is -2.25. The van der Waals surface area contributed by atoms with Gasteiger partial charge >= 0.3 is 0 Å². The van der Waals surface area contributed by atoms with Gasteiger partial charge in [-0.15, -0.1) is 24.0 Å². The van der Waals surface area contributed by atoms with E-state index in [1.807, 2.05) is 18.5 Å². The van der Waals surface area contributed by atoms with Gasteiger partial charge in [0, 0.05) is 37.1 Å². The summed E-state index contributed by atoms with van der Waals surface area (Å²) >= 11 is 0. The molecule has 0 fully saturated rings. The number of ether oxygens (including phenoxy) is 1. The number of fused-ring (bicyclic) bond motifs is 2. The second-order valence-electron chi connectivity index (χ2n) is 7.43. The highest BCUT2D eigenvalue weighted by molar-refractivity contribution is 14.0. The molecule has 1 aromatic carbocycles. The largest absolute Gasteiger partial charge is 0.459 e. The van der Waals surface area contributed by atoms with Crippen LogP contribution >= 0.6 is 24.0 Å². The number of benzene rings is 1. The van der Waals surface area contributed by atoms with Crippen molar-refractivity contribution in [3.05, 3.63) is 47.0 Å². The van der Waals surface area contributed by atoms with Crippen molar-refractivity contribution in [2.45, 2.75) is 52.4 Å². The van der Waals surface area contributed by atoms with Gasteiger partial charge in [0.1, 0.15) is 36.1 Å². The zero-order chi connectivity index (χ0) is 21.1. The van der Waals surface area contributed by atoms with Crippen LogP contribution in [0.25, 0.3) is 11.0 Å². The van der Waals surface area contributed by atoms with Crippen LogP contribution in [0.2, 0.25) is 0 Å². The van der Waals surface area contributed by atoms with Gasteiger partial charge < -0.3 is 19.8 Å². The number of hydrogen-bond acceptors (Lipinski definition) is 5. The van der Waals surface area contributed by atoms with Crippen molar-refractivity contribution in [1.82, 2.24) is 25.4 Å². The van der Waals surface area contributed by atoms with E-state index in [0.29, 0.717) is 30.5 Å². The van der Waals surface area contributed by atoms with Crippen molar-refractivity contribution in [2.75, 3.05) is 13.7 Å². The Balaban J connectivity index is 0.00000272. The molecule has 0 aliphatic carbocycles. The highest BCUT2D eigenvalue weighted by atomic mass is 127. The smallest absolute Gasteiger partial charge is 0.191 e. The summed E-state index contributed by atoms with van der Waals surface area (Å²) in [5.74, 6) is 2.89. The monoisotopic (exact) mass is 542 g/mol. The molecule has 31 heavy (non-hydrogen) atoms. The van der Waals surface area contributed by atoms with Gasteiger partial charge in [0.25, 0.3) is 0 Å². The van der Waals surface area contributed by atoms with E-state index in [1.54, 1.807) is 13.2 Å². The van der Waals surface area contributed by atoms with Crippen molar-refractivity contribution >= 4 is 40.9 Å². The van der Waals surface area contributed by atoms with Gasteiger partial charge in [-0.05, 0) is 38.5 Å². The fourth-order valence-electron chi connectivity index (χ4n) is 3.73. The Kier molecular flexibility index (Phi) is 7.87. The highest BCUT2D eigenvalue weighted by Gasteiger charge is 2.22. The third-order valence-corrected chi connectivity index (χ3v) is 5.24. The lowest BCUT2D eigenvalue weighted by Crippen LogP contribution is -2.47. The number of aliphatic imine (C=N–C) groups is 1. The van der Waals surface area contributed by atoms with Gasteiger partial charge in [0.15, 0.2) is 11.8 Å². The molecule has 8 nitrogen and oxygen atoms in total. The molecule has 10 heteroatoms. The average molecular weight is 542 g/mol. The molecule has 0 amide bonds. The number of aromatic nitrogens is 3. The molecule has 4 rings (SSSR count). The Morgan fingerprint density at radius 3 is 3.03 bits per heavy atom. The van der Waals surface area contributed by atoms with E-state index < -0.39 is 0 Å². The molecule has 0 spiro atoms. The SMILES string of the molecule is CCNC(=NCc1oc2ccc(F)cc2c1C)NC1CCc2nc(COC)nn2C1.I. The first-order valence-corrected chi connectivity index (χ1v) is 10.2. The Morgan fingerprint density at radius 2 is 2.26 bits per heavy atom. The molecule has 1 aliphatic rings. The predicted molar refractivity (Wildman–Crippen MR) is 127 cm³/mol. The summed E-state index contributed by atoms with van der Waals surface area (Å²) in [6.45, 7) is 6.22. The fourth-order valence-corrected chi connectivity index (χ4v) is 3.73. The van der Waals surface area contributed by atoms with Crippen LogP contribution in [-0.4, -0.2) is 40.4 Å². The number of furan rings is 1. The lowest BCUT2D eigenvalue weighted by molar-refractivity contribution is 0.177. The zero-order valence-electron chi connectivity index (χ0n) is 17.9. The van der Waals surface area contributed by atoms with Crippen molar-refractivity contribution in [2.24, 2.45) is 4.99 Å². The molecule has 0 bridgehead atoms. The Labute approximate surface area is 197 Å². The third kappa shape index (κ3) is 5.35. The summed E-state index contributed by atoms with van der Waals surface area (Å²) in [6.07, 6.45) is 1.79. The van der Waals surface area contributed by atoms with Crippen LogP contribution in [0.4, 0.5) is 4.39 Å². The number of nitrogens with one attached hydrogen (secondary N) is 2. The summed E-state index contributed by atoms with van der Waals surface area (Å²) in [5, 5.41) is 12.1. The number of methoxy groups -OCH3 is 1. The van der Waals surface area contributed by atoms with Gasteiger partial charge in [0.2, 0.25) is 0 Å². The number of rotatable bonds is 6. The number of hydrogen-bond donors (Lipinski definition) is 2. The van der Waals surface area contributed by atoms with Crippen LogP contribution in [0.3, 0.4) is 0 Å². The lowest BCUT2D eigenvalue weighted by atomic mass is 10.1. The molecule has 0 saturated carbocycles. The van der Waals surface area contributed by atoms with Crippen LogP contribution in [-0.2, 0) is 30.9 Å². The van der Waals surface area contributed by atoms with Crippen molar-refractivity contribution < 1.29 is 13.5 Å². The first kappa shape index (κ1) is 23.5. The summed E-state index contributed by atoms with van der Waals surface area (Å²) < 4.78 is 26.5. The van der Waals surface area contributed by atoms with E-state index in [4.69, 9.17) is 9.15 Å². The topological polar surface area (TPSA) is 89.5 Å². The van der Waals surface area contributed by atoms with E-state index in [0.717, 1.165) is 48.5 Å². The van der Waals surface area contributed by atoms with Crippen LogP contribution in [0.5, 0.6) is 0 Å². The zero-order valence-corrected chi connectivity index (χ0v) is 20.3. The first-order valence-electron chi connectivity index (χ1n) is 10.2. The quantitative estimate of drug-likeness (QED) is 0.283. The Bertz CT molecular complexity index is 1060. The fraction of sp³-hybridized carbons (Fsp3) is 0.476. The Hall–Kier alpha value is -2.21. The number of halogens is 2. The summed E-state index contributed by atoms with van der Waals surface area (Å²) in [4.78, 5) is 9.21. The minimum absolute atomic E-state index is 0. The van der Waals surface area contributed by atoms with Crippen LogP contribution in [0.15, 0.2) is 27.6 Å². The van der Waals surface area contributed by atoms with Crippen molar-refractivity contribution in [3.63, 3.8) is 0 Å². The van der Waals surface area contributed by atoms with Gasteiger partial charge in [-0.1, -0.05) is 0 Å². The van der Waals surface area contributed by atoms with Gasteiger partial charge in [0.05, 0.1) is 6.54 Å². The summed E-state index contributed by atoms with van der Waals surface area (Å²) in [6, 6.07) is 4.76. The molecule has 0 radical (unpaired) electrons. The van der Waals surface area contributed by atoms with Crippen molar-refractivity contribution in [1.29, 1.82) is 0 Å². The molecule has 168 valence electrons. The second-order valence-corrected chi connectivity index (χ2v) is 7.43. The van der Waals surface area contributed by atoms with E-state index in [1.165, 1.54) is 12.1 Å². The molecule has 3 aromatic rings. The van der Waals surface area contributed by atoms with E-state index in [9.17, 15) is 4.39 Å². The van der Waals surface area contributed by atoms with E-state index in [-0.39, 0.29) is 35.8 Å². The standard InChI is InChI=1S/C21H27FN6O2.HI/c1-4-23-21(24-10-18-13(2)16-9-14(22)5-7-17(16)30-18)25-15-6-8-20-26-19(12-29-3)27-28(20)11-15;/h5,7,9,15H,4,6,8,10-12H2,1-3H3,(H2,23,24,25);1H. The number of nitrogens with zero attached hydrogens (tertiary/aromatic N) is 4. The van der Waals surface area contributed by atoms with E-state index in [2.05, 4.69) is 25.7 Å². The molecule has 2 N–H and O–H groups in total. The molecular weight excluding hydrogens is 514 g/mol. The predicted octanol–water partition coefficient (Wildman–Crippen LogP) is 3.31. The molecular formula is C21H28FIN6O2. The molecule has 2 aromatic heterocycles. The maximum absolute atomic E-state index is 13.5. The summed E-state index contributed by atoms with van der Waals surface area (Å²) in [5.41, 5.74) is 1.59. The first-order chi connectivity index (χ1) is 14.6. The van der Waals surface area contributed by atoms with Gasteiger partial charge in [-0.25, -0.2) is 19.0 Å². The highest BCUT2D eigenvalue weighted by Crippen LogP contribution is 2.26. The molecule has 1 unspecified atom stereocenters. The number of aryl methyl sites for hydroxylation is 2. The second kappa shape index (κ2) is 10.4. The van der Waals surface area contributed by atoms with Gasteiger partial charge in [-0.2, -0.15) is 5.10 Å². The average Bonchev–Trinajstić information content (AvgIpc) is 3.27. The van der Waals surface area contributed by atoms with Crippen LogP contribution in [0.1, 0.15) is 36.3 Å². The molecule has 1 atom stereocenters. The van der Waals surface area contributed by atoms with Crippen LogP contribution < -0.4 is 10.6 Å². The van der Waals surface area contributed by atoms with Crippen molar-refractivity contribution in [3.8, 4) is 0 Å². The maximum Gasteiger partial charge on any atom is 0.191 e. The number of guanidine groups is 1. The maximum atomic E-state index is 13.5. The van der Waals surface area contributed by atoms with Crippen LogP contribution in [0, 0.1) is 12.7 Å². The molecule has 3 heterocycles. The minimum Gasteiger partial charge on any atom is -0.459 e. The summed E-state index contributed by atoms with van der Waals surface area (Å²) in [7, 11) is 1.64. The third-order valence-electron chi connectivity index (χ3n) is 5.24. The Morgan fingerprint density at radius 1 is 1.42 bits per heavy atom. The van der Waals surface area contributed by atoms with Gasteiger partial charge in [-0.3, -0.25) is 0 Å². The molecule has 1 aliphatic heterocycles. The molecule has 0 saturated heterocycles. The minimum atomic E-state index is -0.269. The normalized spacial score (nSPS) is 16.1. The van der Waals surface area contributed by atoms with E-state index >= 15 is 0 Å².